The van der Waals surface area contributed by atoms with E-state index in [2.05, 4.69) is 5.32 Å². The summed E-state index contributed by atoms with van der Waals surface area (Å²) in [5, 5.41) is 12.6. The first kappa shape index (κ1) is 10.2. The molecule has 0 radical (unpaired) electrons. The molecular weight excluding hydrogens is 204 g/mol. The van der Waals surface area contributed by atoms with Crippen molar-refractivity contribution >= 4 is 18.3 Å². The molecule has 2 saturated heterocycles. The Labute approximate surface area is 89.1 Å². The van der Waals surface area contributed by atoms with Gasteiger partial charge in [-0.1, -0.05) is 0 Å². The molecule has 5 heteroatoms. The molecule has 3 aliphatic rings. The Balaban J connectivity index is 0.000000750. The molecule has 3 fully saturated rings. The number of aliphatic hydroxyl groups is 1. The third-order valence-corrected chi connectivity index (χ3v) is 3.62. The summed E-state index contributed by atoms with van der Waals surface area (Å²) < 4.78 is 0. The first-order valence-electron chi connectivity index (χ1n) is 4.98. The Morgan fingerprint density at radius 1 is 1.36 bits per heavy atom. The molecule has 1 unspecified atom stereocenters. The van der Waals surface area contributed by atoms with Crippen molar-refractivity contribution in [3.8, 4) is 0 Å². The number of likely N-dealkylation sites (tertiary alicyclic amines) is 1. The monoisotopic (exact) mass is 218 g/mol. The lowest BCUT2D eigenvalue weighted by Gasteiger charge is -2.18. The van der Waals surface area contributed by atoms with E-state index in [1.165, 1.54) is 0 Å². The molecule has 0 aromatic heterocycles. The summed E-state index contributed by atoms with van der Waals surface area (Å²) in [5.74, 6) is 1.31. The van der Waals surface area contributed by atoms with E-state index in [0.717, 1.165) is 19.6 Å². The highest BCUT2D eigenvalue weighted by atomic mass is 35.5. The van der Waals surface area contributed by atoms with Gasteiger partial charge in [0, 0.05) is 25.7 Å². The summed E-state index contributed by atoms with van der Waals surface area (Å²) in [6.07, 6.45) is -0.0864. The van der Waals surface area contributed by atoms with Crippen molar-refractivity contribution in [3.05, 3.63) is 0 Å². The predicted octanol–water partition coefficient (Wildman–Crippen LogP) is -0.781. The molecule has 4 nitrogen and oxygen atoms in total. The molecular formula is C9H15ClN2O2. The van der Waals surface area contributed by atoms with E-state index in [1.54, 1.807) is 0 Å². The summed E-state index contributed by atoms with van der Waals surface area (Å²) in [6, 6.07) is 0.450. The van der Waals surface area contributed by atoms with Crippen molar-refractivity contribution in [1.29, 1.82) is 0 Å². The van der Waals surface area contributed by atoms with Crippen molar-refractivity contribution in [2.45, 2.75) is 18.6 Å². The Morgan fingerprint density at radius 2 is 2.00 bits per heavy atom. The smallest absolute Gasteiger partial charge is 0.251 e. The van der Waals surface area contributed by atoms with Crippen LogP contribution >= 0.6 is 12.4 Å². The van der Waals surface area contributed by atoms with Gasteiger partial charge in [-0.25, -0.2) is 0 Å². The molecule has 1 amide bonds. The first-order valence-corrected chi connectivity index (χ1v) is 4.98. The molecule has 80 valence electrons. The summed E-state index contributed by atoms with van der Waals surface area (Å²) in [5.41, 5.74) is 0. The van der Waals surface area contributed by atoms with Gasteiger partial charge in [0.1, 0.15) is 6.10 Å². The van der Waals surface area contributed by atoms with Crippen molar-refractivity contribution in [1.82, 2.24) is 10.2 Å². The normalized spacial score (nSPS) is 44.9. The molecule has 0 aromatic carbocycles. The first-order chi connectivity index (χ1) is 6.29. The molecule has 0 spiro atoms. The number of piperidine rings is 1. The zero-order chi connectivity index (χ0) is 9.00. The number of amides is 1. The minimum atomic E-state index is -0.714. The van der Waals surface area contributed by atoms with Gasteiger partial charge >= 0.3 is 0 Å². The molecule has 2 aliphatic heterocycles. The van der Waals surface area contributed by atoms with Crippen LogP contribution in [0.3, 0.4) is 0 Å². The van der Waals surface area contributed by atoms with Crippen molar-refractivity contribution < 1.29 is 9.90 Å². The lowest BCUT2D eigenvalue weighted by molar-refractivity contribution is -0.135. The van der Waals surface area contributed by atoms with Crippen LogP contribution in [0.4, 0.5) is 0 Å². The Bertz CT molecular complexity index is 251. The van der Waals surface area contributed by atoms with Gasteiger partial charge in [0.05, 0.1) is 0 Å². The number of halogens is 1. The molecule has 3 rings (SSSR count). The highest BCUT2D eigenvalue weighted by Gasteiger charge is 2.58. The Kier molecular flexibility index (Phi) is 2.45. The van der Waals surface area contributed by atoms with E-state index in [1.807, 2.05) is 4.90 Å². The standard InChI is InChI=1S/C9H14N2O2.ClH/c12-7-1-2-11(9(7)13)8-5-3-10-4-6(5)8;/h5-8,10,12H,1-4H2;1H/t5-,6+,7-,8?;/m1./s1. The van der Waals surface area contributed by atoms with Crippen LogP contribution < -0.4 is 5.32 Å². The van der Waals surface area contributed by atoms with Gasteiger partial charge < -0.3 is 15.3 Å². The SMILES string of the molecule is Cl.O=C1[C@H](O)CCN1C1[C@H]2CNC[C@@H]12. The summed E-state index contributed by atoms with van der Waals surface area (Å²) >= 11 is 0. The van der Waals surface area contributed by atoms with Crippen LogP contribution in [0.1, 0.15) is 6.42 Å². The average molecular weight is 219 g/mol. The molecule has 1 aliphatic carbocycles. The number of fused-ring (bicyclic) bond motifs is 1. The fraction of sp³-hybridized carbons (Fsp3) is 0.889. The molecule has 0 aromatic rings. The van der Waals surface area contributed by atoms with Crippen LogP contribution in [0.5, 0.6) is 0 Å². The topological polar surface area (TPSA) is 52.6 Å². The number of carbonyl (C=O) groups excluding carboxylic acids is 1. The van der Waals surface area contributed by atoms with Gasteiger partial charge in [-0.2, -0.15) is 0 Å². The Morgan fingerprint density at radius 3 is 2.50 bits per heavy atom. The third kappa shape index (κ3) is 1.25. The van der Waals surface area contributed by atoms with E-state index in [-0.39, 0.29) is 18.3 Å². The van der Waals surface area contributed by atoms with Gasteiger partial charge in [-0.3, -0.25) is 4.79 Å². The summed E-state index contributed by atoms with van der Waals surface area (Å²) in [6.45, 7) is 2.86. The summed E-state index contributed by atoms with van der Waals surface area (Å²) in [7, 11) is 0. The van der Waals surface area contributed by atoms with Crippen molar-refractivity contribution in [3.63, 3.8) is 0 Å². The highest BCUT2D eigenvalue weighted by molar-refractivity contribution is 5.85. The molecule has 1 saturated carbocycles. The van der Waals surface area contributed by atoms with Gasteiger partial charge in [0.25, 0.3) is 5.91 Å². The molecule has 0 bridgehead atoms. The van der Waals surface area contributed by atoms with Gasteiger partial charge in [-0.05, 0) is 18.3 Å². The highest BCUT2D eigenvalue weighted by Crippen LogP contribution is 2.46. The zero-order valence-corrected chi connectivity index (χ0v) is 8.67. The molecule has 2 N–H and O–H groups in total. The van der Waals surface area contributed by atoms with Gasteiger partial charge in [0.2, 0.25) is 0 Å². The second-order valence-electron chi connectivity index (χ2n) is 4.31. The lowest BCUT2D eigenvalue weighted by atomic mass is 10.3. The van der Waals surface area contributed by atoms with Crippen LogP contribution in [-0.4, -0.2) is 47.7 Å². The second-order valence-corrected chi connectivity index (χ2v) is 4.31. The van der Waals surface area contributed by atoms with Crippen LogP contribution in [0.2, 0.25) is 0 Å². The zero-order valence-electron chi connectivity index (χ0n) is 7.85. The van der Waals surface area contributed by atoms with Crippen LogP contribution in [0.25, 0.3) is 0 Å². The quantitative estimate of drug-likeness (QED) is 0.607. The van der Waals surface area contributed by atoms with Crippen LogP contribution in [0, 0.1) is 11.8 Å². The molecule has 4 atom stereocenters. The molecule has 14 heavy (non-hydrogen) atoms. The third-order valence-electron chi connectivity index (χ3n) is 3.62. The minimum absolute atomic E-state index is 0. The van der Waals surface area contributed by atoms with Crippen LogP contribution in [-0.2, 0) is 4.79 Å². The Hall–Kier alpha value is -0.320. The maximum atomic E-state index is 11.5. The molecule has 2 heterocycles. The number of aliphatic hydroxyl groups excluding tert-OH is 1. The van der Waals surface area contributed by atoms with Gasteiger partial charge in [0.15, 0.2) is 0 Å². The van der Waals surface area contributed by atoms with Crippen molar-refractivity contribution in [2.24, 2.45) is 11.8 Å². The minimum Gasteiger partial charge on any atom is -0.383 e. The number of carbonyl (C=O) groups is 1. The fourth-order valence-electron chi connectivity index (χ4n) is 2.83. The van der Waals surface area contributed by atoms with E-state index < -0.39 is 6.10 Å². The van der Waals surface area contributed by atoms with E-state index in [0.29, 0.717) is 24.3 Å². The number of hydrogen-bond donors (Lipinski definition) is 2. The fourth-order valence-corrected chi connectivity index (χ4v) is 2.83. The number of hydrogen-bond acceptors (Lipinski definition) is 3. The maximum absolute atomic E-state index is 11.5. The van der Waals surface area contributed by atoms with Crippen molar-refractivity contribution in [2.75, 3.05) is 19.6 Å². The number of rotatable bonds is 1. The van der Waals surface area contributed by atoms with E-state index >= 15 is 0 Å². The van der Waals surface area contributed by atoms with Crippen LogP contribution in [0.15, 0.2) is 0 Å². The number of nitrogens with zero attached hydrogens (tertiary/aromatic N) is 1. The van der Waals surface area contributed by atoms with E-state index in [4.69, 9.17) is 0 Å². The lowest BCUT2D eigenvalue weighted by Crippen LogP contribution is -2.36. The number of nitrogens with one attached hydrogen (secondary N) is 1. The van der Waals surface area contributed by atoms with E-state index in [9.17, 15) is 9.90 Å². The largest absolute Gasteiger partial charge is 0.383 e. The second kappa shape index (κ2) is 3.36. The van der Waals surface area contributed by atoms with Gasteiger partial charge in [-0.15, -0.1) is 12.4 Å². The average Bonchev–Trinajstić information content (AvgIpc) is 2.49. The maximum Gasteiger partial charge on any atom is 0.251 e. The predicted molar refractivity (Wildman–Crippen MR) is 53.2 cm³/mol. The summed E-state index contributed by atoms with van der Waals surface area (Å²) in [4.78, 5) is 13.4.